The third kappa shape index (κ3) is 3.38. The SMILES string of the molecule is C[C@@]1(C(=O)NC2CCC(NC(=O)[C@@]3(C)CC3(Br)Br)CC2)CC1(Br)Br. The maximum atomic E-state index is 12.4. The fourth-order valence-corrected chi connectivity index (χ4v) is 6.33. The maximum absolute atomic E-state index is 12.4. The van der Waals surface area contributed by atoms with Crippen molar-refractivity contribution in [3.05, 3.63) is 0 Å². The first kappa shape index (κ1) is 19.6. The highest BCUT2D eigenvalue weighted by molar-refractivity contribution is 9.26. The Morgan fingerprint density at radius 3 is 1.21 bits per heavy atom. The van der Waals surface area contributed by atoms with Gasteiger partial charge in [0.05, 0.1) is 17.3 Å². The predicted molar refractivity (Wildman–Crippen MR) is 109 cm³/mol. The van der Waals surface area contributed by atoms with Crippen LogP contribution in [0, 0.1) is 10.8 Å². The molecular formula is C16H22Br4N2O2. The lowest BCUT2D eigenvalue weighted by atomic mass is 9.90. The van der Waals surface area contributed by atoms with Gasteiger partial charge in [0.2, 0.25) is 11.8 Å². The van der Waals surface area contributed by atoms with E-state index in [4.69, 9.17) is 0 Å². The van der Waals surface area contributed by atoms with E-state index in [-0.39, 0.29) is 41.2 Å². The Morgan fingerprint density at radius 2 is 1.00 bits per heavy atom. The molecule has 3 rings (SSSR count). The standard InChI is InChI=1S/C16H22Br4N2O2/c1-13(7-15(13,17)18)11(23)21-9-3-5-10(6-4-9)22-12(24)14(2)8-16(14,19)20/h9-10H,3-8H2,1-2H3,(H,21,23)(H,22,24)/t9?,10?,13-,14+. The molecule has 0 spiro atoms. The summed E-state index contributed by atoms with van der Waals surface area (Å²) in [6.45, 7) is 3.95. The molecule has 3 aliphatic rings. The van der Waals surface area contributed by atoms with Crippen LogP contribution in [0.3, 0.4) is 0 Å². The van der Waals surface area contributed by atoms with Crippen molar-refractivity contribution in [2.45, 2.75) is 70.9 Å². The second kappa shape index (κ2) is 6.20. The number of halogens is 4. The zero-order valence-corrected chi connectivity index (χ0v) is 20.1. The molecule has 4 nitrogen and oxygen atoms in total. The second-order valence-electron chi connectivity index (χ2n) is 7.92. The minimum Gasteiger partial charge on any atom is -0.353 e. The molecule has 0 aromatic heterocycles. The van der Waals surface area contributed by atoms with Crippen molar-refractivity contribution in [2.75, 3.05) is 0 Å². The van der Waals surface area contributed by atoms with Crippen LogP contribution in [0.4, 0.5) is 0 Å². The fourth-order valence-electron chi connectivity index (χ4n) is 3.36. The molecule has 0 unspecified atom stereocenters. The molecule has 2 atom stereocenters. The molecule has 3 fully saturated rings. The van der Waals surface area contributed by atoms with Crippen molar-refractivity contribution in [2.24, 2.45) is 10.8 Å². The third-order valence-corrected chi connectivity index (χ3v) is 10.5. The lowest BCUT2D eigenvalue weighted by Crippen LogP contribution is -2.47. The van der Waals surface area contributed by atoms with E-state index in [1.54, 1.807) is 0 Å². The van der Waals surface area contributed by atoms with Crippen LogP contribution in [0.15, 0.2) is 0 Å². The lowest BCUT2D eigenvalue weighted by molar-refractivity contribution is -0.128. The average molecular weight is 594 g/mol. The molecule has 24 heavy (non-hydrogen) atoms. The van der Waals surface area contributed by atoms with Crippen molar-refractivity contribution >= 4 is 75.5 Å². The van der Waals surface area contributed by atoms with Crippen molar-refractivity contribution in [3.8, 4) is 0 Å². The van der Waals surface area contributed by atoms with Crippen LogP contribution >= 0.6 is 63.7 Å². The minimum atomic E-state index is -0.367. The number of amides is 2. The Balaban J connectivity index is 1.44. The molecule has 0 saturated heterocycles. The molecule has 3 saturated carbocycles. The molecule has 0 radical (unpaired) electrons. The molecule has 0 heterocycles. The Bertz CT molecular complexity index is 524. The van der Waals surface area contributed by atoms with Crippen LogP contribution in [-0.4, -0.2) is 30.4 Å². The smallest absolute Gasteiger partial charge is 0.228 e. The summed E-state index contributed by atoms with van der Waals surface area (Å²) in [5.41, 5.74) is -0.735. The van der Waals surface area contributed by atoms with E-state index in [1.165, 1.54) is 0 Å². The third-order valence-electron chi connectivity index (χ3n) is 5.92. The van der Waals surface area contributed by atoms with E-state index in [2.05, 4.69) is 74.4 Å². The van der Waals surface area contributed by atoms with E-state index in [0.29, 0.717) is 0 Å². The van der Waals surface area contributed by atoms with Crippen molar-refractivity contribution in [1.82, 2.24) is 10.6 Å². The van der Waals surface area contributed by atoms with Gasteiger partial charge >= 0.3 is 0 Å². The number of rotatable bonds is 4. The number of alkyl halides is 4. The van der Waals surface area contributed by atoms with E-state index in [0.717, 1.165) is 38.5 Å². The summed E-state index contributed by atoms with van der Waals surface area (Å²) in [7, 11) is 0. The number of hydrogen-bond donors (Lipinski definition) is 2. The molecule has 0 bridgehead atoms. The number of carbonyl (C=O) groups excluding carboxylic acids is 2. The highest BCUT2D eigenvalue weighted by Crippen LogP contribution is 2.67. The van der Waals surface area contributed by atoms with Gasteiger partial charge in [-0.25, -0.2) is 0 Å². The Labute approximate surface area is 176 Å². The van der Waals surface area contributed by atoms with Crippen LogP contribution < -0.4 is 10.6 Å². The molecule has 2 N–H and O–H groups in total. The largest absolute Gasteiger partial charge is 0.353 e. The maximum Gasteiger partial charge on any atom is 0.228 e. The van der Waals surface area contributed by atoms with Crippen LogP contribution in [0.25, 0.3) is 0 Å². The van der Waals surface area contributed by atoms with Crippen LogP contribution in [0.5, 0.6) is 0 Å². The first-order chi connectivity index (χ1) is 10.9. The zero-order valence-electron chi connectivity index (χ0n) is 13.7. The Kier molecular flexibility index (Phi) is 5.06. The van der Waals surface area contributed by atoms with Gasteiger partial charge in [0.25, 0.3) is 0 Å². The van der Waals surface area contributed by atoms with Gasteiger partial charge in [-0.1, -0.05) is 63.7 Å². The molecule has 0 aliphatic heterocycles. The minimum absolute atomic E-state index is 0.109. The molecule has 2 amide bonds. The van der Waals surface area contributed by atoms with E-state index >= 15 is 0 Å². The molecule has 136 valence electrons. The first-order valence-electron chi connectivity index (χ1n) is 8.29. The molecule has 3 aliphatic carbocycles. The quantitative estimate of drug-likeness (QED) is 0.477. The zero-order chi connectivity index (χ0) is 18.0. The first-order valence-corrected chi connectivity index (χ1v) is 11.5. The van der Waals surface area contributed by atoms with Crippen LogP contribution in [0.1, 0.15) is 52.4 Å². The van der Waals surface area contributed by atoms with Gasteiger partial charge in [-0.15, -0.1) is 0 Å². The van der Waals surface area contributed by atoms with Crippen LogP contribution in [-0.2, 0) is 9.59 Å². The van der Waals surface area contributed by atoms with Gasteiger partial charge in [0.1, 0.15) is 0 Å². The number of nitrogens with one attached hydrogen (secondary N) is 2. The van der Waals surface area contributed by atoms with Gasteiger partial charge in [0.15, 0.2) is 0 Å². The van der Waals surface area contributed by atoms with Gasteiger partial charge in [-0.05, 0) is 52.4 Å². The predicted octanol–water partition coefficient (Wildman–Crippen LogP) is 4.32. The highest BCUT2D eigenvalue weighted by atomic mass is 79.9. The normalized spacial score (nSPS) is 42.1. The Morgan fingerprint density at radius 1 is 0.750 bits per heavy atom. The summed E-state index contributed by atoms with van der Waals surface area (Å²) in [5.74, 6) is 0.218. The highest BCUT2D eigenvalue weighted by Gasteiger charge is 2.67. The Hall–Kier alpha value is 0.860. The van der Waals surface area contributed by atoms with Gasteiger partial charge in [-0.2, -0.15) is 0 Å². The molecule has 0 aromatic rings. The van der Waals surface area contributed by atoms with Crippen molar-refractivity contribution < 1.29 is 9.59 Å². The topological polar surface area (TPSA) is 58.2 Å². The van der Waals surface area contributed by atoms with Gasteiger partial charge < -0.3 is 10.6 Å². The average Bonchev–Trinajstić information content (AvgIpc) is 3.21. The van der Waals surface area contributed by atoms with Gasteiger partial charge in [0, 0.05) is 12.1 Å². The van der Waals surface area contributed by atoms with Gasteiger partial charge in [-0.3, -0.25) is 9.59 Å². The number of hydrogen-bond acceptors (Lipinski definition) is 2. The molecule has 8 heteroatoms. The summed E-state index contributed by atoms with van der Waals surface area (Å²) < 4.78 is -0.500. The van der Waals surface area contributed by atoms with E-state index in [9.17, 15) is 9.59 Å². The molecule has 0 aromatic carbocycles. The second-order valence-corrected chi connectivity index (χ2v) is 15.5. The molecular weight excluding hydrogens is 572 g/mol. The summed E-state index contributed by atoms with van der Waals surface area (Å²) >= 11 is 14.2. The monoisotopic (exact) mass is 590 g/mol. The summed E-state index contributed by atoms with van der Waals surface area (Å²) in [5, 5.41) is 6.36. The van der Waals surface area contributed by atoms with E-state index in [1.807, 2.05) is 13.8 Å². The van der Waals surface area contributed by atoms with Crippen LogP contribution in [0.2, 0.25) is 0 Å². The number of carbonyl (C=O) groups is 2. The van der Waals surface area contributed by atoms with Crippen molar-refractivity contribution in [1.29, 1.82) is 0 Å². The lowest BCUT2D eigenvalue weighted by Gasteiger charge is -2.31. The summed E-state index contributed by atoms with van der Waals surface area (Å²) in [6, 6.07) is 0.420. The fraction of sp³-hybridized carbons (Fsp3) is 0.875. The summed E-state index contributed by atoms with van der Waals surface area (Å²) in [6.07, 6.45) is 5.25. The van der Waals surface area contributed by atoms with E-state index < -0.39 is 0 Å². The summed E-state index contributed by atoms with van der Waals surface area (Å²) in [4.78, 5) is 24.9. The van der Waals surface area contributed by atoms with Crippen molar-refractivity contribution in [3.63, 3.8) is 0 Å².